The first-order chi connectivity index (χ1) is 9.60. The maximum Gasteiger partial charge on any atom is 0.360 e. The monoisotopic (exact) mass is 294 g/mol. The van der Waals surface area contributed by atoms with Crippen molar-refractivity contribution in [2.45, 2.75) is 6.54 Å². The van der Waals surface area contributed by atoms with Crippen LogP contribution in [0.4, 0.5) is 5.69 Å². The lowest BCUT2D eigenvalue weighted by molar-refractivity contribution is -0.116. The maximum absolute atomic E-state index is 11.8. The summed E-state index contributed by atoms with van der Waals surface area (Å²) < 4.78 is 5.73. The second-order valence-electron chi connectivity index (χ2n) is 3.82. The summed E-state index contributed by atoms with van der Waals surface area (Å²) in [6.45, 7) is -0.0881. The van der Waals surface area contributed by atoms with Crippen molar-refractivity contribution in [3.8, 4) is 0 Å². The quantitative estimate of drug-likeness (QED) is 0.860. The third-order valence-electron chi connectivity index (χ3n) is 2.39. The summed E-state index contributed by atoms with van der Waals surface area (Å²) in [5.41, 5.74) is 0.547. The summed E-state index contributed by atoms with van der Waals surface area (Å²) in [7, 11) is 1.24. The van der Waals surface area contributed by atoms with Crippen molar-refractivity contribution in [2.24, 2.45) is 0 Å². The molecule has 1 aromatic carbocycles. The van der Waals surface area contributed by atoms with E-state index >= 15 is 0 Å². The number of hydrogen-bond acceptors (Lipinski definition) is 5. The van der Waals surface area contributed by atoms with E-state index in [0.717, 1.165) is 0 Å². The van der Waals surface area contributed by atoms with E-state index in [1.165, 1.54) is 18.0 Å². The molecule has 0 unspecified atom stereocenters. The summed E-state index contributed by atoms with van der Waals surface area (Å²) in [5.74, 6) is -0.942. The van der Waals surface area contributed by atoms with Crippen molar-refractivity contribution in [3.05, 3.63) is 41.2 Å². The van der Waals surface area contributed by atoms with Crippen LogP contribution >= 0.6 is 11.6 Å². The smallest absolute Gasteiger partial charge is 0.360 e. The van der Waals surface area contributed by atoms with Crippen molar-refractivity contribution in [1.29, 1.82) is 0 Å². The van der Waals surface area contributed by atoms with Crippen molar-refractivity contribution in [2.75, 3.05) is 12.4 Å². The summed E-state index contributed by atoms with van der Waals surface area (Å²) in [5, 5.41) is 10.3. The molecular formula is C12H11ClN4O3. The number of hydrogen-bond donors (Lipinski definition) is 1. The van der Waals surface area contributed by atoms with Crippen LogP contribution in [0.25, 0.3) is 0 Å². The molecule has 0 bridgehead atoms. The van der Waals surface area contributed by atoms with E-state index in [1.807, 2.05) is 0 Å². The number of carbonyl (C=O) groups is 2. The van der Waals surface area contributed by atoms with E-state index in [-0.39, 0.29) is 18.1 Å². The number of para-hydroxylation sites is 1. The van der Waals surface area contributed by atoms with Crippen LogP contribution in [0.1, 0.15) is 10.5 Å². The molecule has 0 saturated heterocycles. The highest BCUT2D eigenvalue weighted by Gasteiger charge is 2.12. The summed E-state index contributed by atoms with van der Waals surface area (Å²) >= 11 is 5.93. The Hall–Kier alpha value is -2.41. The lowest BCUT2D eigenvalue weighted by Gasteiger charge is -2.06. The molecule has 7 nitrogen and oxygen atoms in total. The predicted octanol–water partition coefficient (Wildman–Crippen LogP) is 1.36. The van der Waals surface area contributed by atoms with Gasteiger partial charge in [-0.15, -0.1) is 5.10 Å². The van der Waals surface area contributed by atoms with Gasteiger partial charge >= 0.3 is 5.97 Å². The molecule has 0 atom stereocenters. The van der Waals surface area contributed by atoms with Crippen LogP contribution in [-0.2, 0) is 16.1 Å². The topological polar surface area (TPSA) is 86.1 Å². The second-order valence-corrected chi connectivity index (χ2v) is 4.23. The third kappa shape index (κ3) is 3.33. The molecule has 0 radical (unpaired) electrons. The molecule has 0 aliphatic carbocycles. The van der Waals surface area contributed by atoms with Gasteiger partial charge in [-0.05, 0) is 12.1 Å². The Bertz CT molecular complexity index is 641. The molecule has 2 rings (SSSR count). The van der Waals surface area contributed by atoms with E-state index in [9.17, 15) is 9.59 Å². The van der Waals surface area contributed by atoms with Crippen molar-refractivity contribution in [3.63, 3.8) is 0 Å². The Labute approximate surface area is 119 Å². The van der Waals surface area contributed by atoms with Gasteiger partial charge in [-0.3, -0.25) is 4.79 Å². The van der Waals surface area contributed by atoms with Gasteiger partial charge in [0.05, 0.1) is 24.0 Å². The molecule has 0 spiro atoms. The van der Waals surface area contributed by atoms with Gasteiger partial charge in [0.1, 0.15) is 6.54 Å². The average Bonchev–Trinajstić information content (AvgIpc) is 2.89. The van der Waals surface area contributed by atoms with Crippen molar-refractivity contribution in [1.82, 2.24) is 15.0 Å². The molecular weight excluding hydrogens is 284 g/mol. The van der Waals surface area contributed by atoms with E-state index in [0.29, 0.717) is 10.7 Å². The van der Waals surface area contributed by atoms with Gasteiger partial charge in [-0.2, -0.15) is 0 Å². The van der Waals surface area contributed by atoms with Gasteiger partial charge in [0.25, 0.3) is 0 Å². The molecule has 0 saturated carbocycles. The molecule has 1 amide bonds. The van der Waals surface area contributed by atoms with Gasteiger partial charge in [-0.1, -0.05) is 28.9 Å². The van der Waals surface area contributed by atoms with E-state index in [2.05, 4.69) is 20.4 Å². The molecule has 0 aliphatic rings. The molecule has 0 aliphatic heterocycles. The first-order valence-corrected chi connectivity index (χ1v) is 6.01. The number of aromatic nitrogens is 3. The normalized spacial score (nSPS) is 10.1. The highest BCUT2D eigenvalue weighted by Crippen LogP contribution is 2.20. The number of carbonyl (C=O) groups excluding carboxylic acids is 2. The molecule has 1 heterocycles. The molecule has 0 fully saturated rings. The Morgan fingerprint density at radius 1 is 1.40 bits per heavy atom. The van der Waals surface area contributed by atoms with Crippen LogP contribution in [0.2, 0.25) is 5.02 Å². The van der Waals surface area contributed by atoms with E-state index < -0.39 is 5.97 Å². The highest BCUT2D eigenvalue weighted by molar-refractivity contribution is 6.33. The molecule has 8 heteroatoms. The molecule has 1 N–H and O–H groups in total. The number of rotatable bonds is 4. The van der Waals surface area contributed by atoms with Crippen LogP contribution in [0.15, 0.2) is 30.5 Å². The molecule has 1 aromatic heterocycles. The summed E-state index contributed by atoms with van der Waals surface area (Å²) in [4.78, 5) is 23.0. The number of benzene rings is 1. The van der Waals surface area contributed by atoms with Crippen LogP contribution in [0, 0.1) is 0 Å². The maximum atomic E-state index is 11.8. The highest BCUT2D eigenvalue weighted by atomic mass is 35.5. The van der Waals surface area contributed by atoms with Crippen molar-refractivity contribution >= 4 is 29.2 Å². The minimum Gasteiger partial charge on any atom is -0.464 e. The van der Waals surface area contributed by atoms with Crippen LogP contribution < -0.4 is 5.32 Å². The number of nitrogens with zero attached hydrogens (tertiary/aromatic N) is 3. The number of anilines is 1. The van der Waals surface area contributed by atoms with E-state index in [1.54, 1.807) is 24.3 Å². The SMILES string of the molecule is COC(=O)c1cn(CC(=O)Nc2ccccc2Cl)nn1. The molecule has 2 aromatic rings. The standard InChI is InChI=1S/C12H11ClN4O3/c1-20-12(19)10-6-17(16-15-10)7-11(18)14-9-5-3-2-4-8(9)13/h2-6H,7H2,1H3,(H,14,18). The number of esters is 1. The minimum absolute atomic E-state index is 0.0399. The zero-order chi connectivity index (χ0) is 14.5. The van der Waals surface area contributed by atoms with Crippen molar-refractivity contribution < 1.29 is 14.3 Å². The van der Waals surface area contributed by atoms with Gasteiger partial charge in [0.15, 0.2) is 5.69 Å². The van der Waals surface area contributed by atoms with Crippen LogP contribution in [-0.4, -0.2) is 34.0 Å². The Balaban J connectivity index is 2.00. The average molecular weight is 295 g/mol. The van der Waals surface area contributed by atoms with E-state index in [4.69, 9.17) is 11.6 Å². The summed E-state index contributed by atoms with van der Waals surface area (Å²) in [6.07, 6.45) is 1.33. The molecule has 104 valence electrons. The van der Waals surface area contributed by atoms with Gasteiger partial charge in [0, 0.05) is 0 Å². The van der Waals surface area contributed by atoms with Crippen LogP contribution in [0.5, 0.6) is 0 Å². The lowest BCUT2D eigenvalue weighted by Crippen LogP contribution is -2.19. The largest absolute Gasteiger partial charge is 0.464 e. The first kappa shape index (κ1) is 14.0. The fourth-order valence-electron chi connectivity index (χ4n) is 1.47. The fourth-order valence-corrected chi connectivity index (χ4v) is 1.66. The van der Waals surface area contributed by atoms with Gasteiger partial charge < -0.3 is 10.1 Å². The first-order valence-electron chi connectivity index (χ1n) is 5.63. The minimum atomic E-state index is -0.609. The number of amides is 1. The van der Waals surface area contributed by atoms with Gasteiger partial charge in [0.2, 0.25) is 5.91 Å². The number of halogens is 1. The van der Waals surface area contributed by atoms with Crippen LogP contribution in [0.3, 0.4) is 0 Å². The number of nitrogens with one attached hydrogen (secondary N) is 1. The molecule has 20 heavy (non-hydrogen) atoms. The Morgan fingerprint density at radius 3 is 2.85 bits per heavy atom. The summed E-state index contributed by atoms with van der Waals surface area (Å²) in [6, 6.07) is 6.87. The predicted molar refractivity (Wildman–Crippen MR) is 71.4 cm³/mol. The third-order valence-corrected chi connectivity index (χ3v) is 2.72. The zero-order valence-electron chi connectivity index (χ0n) is 10.5. The fraction of sp³-hybridized carbons (Fsp3) is 0.167. The second kappa shape index (κ2) is 6.16. The van der Waals surface area contributed by atoms with Gasteiger partial charge in [-0.25, -0.2) is 9.48 Å². The zero-order valence-corrected chi connectivity index (χ0v) is 11.3. The lowest BCUT2D eigenvalue weighted by atomic mass is 10.3. The number of methoxy groups -OCH3 is 1. The Kier molecular flexibility index (Phi) is 4.31. The Morgan fingerprint density at radius 2 is 2.15 bits per heavy atom. The number of ether oxygens (including phenoxy) is 1.